The van der Waals surface area contributed by atoms with Gasteiger partial charge < -0.3 is 0 Å². The van der Waals surface area contributed by atoms with E-state index < -0.39 is 0 Å². The summed E-state index contributed by atoms with van der Waals surface area (Å²) in [6.07, 6.45) is 2.71. The number of nitrogens with zero attached hydrogens (tertiary/aromatic N) is 1. The first-order chi connectivity index (χ1) is 8.65. The van der Waals surface area contributed by atoms with E-state index in [-0.39, 0.29) is 0 Å². The third-order valence-corrected chi connectivity index (χ3v) is 5.66. The van der Waals surface area contributed by atoms with Crippen molar-refractivity contribution >= 4 is 11.9 Å². The van der Waals surface area contributed by atoms with Crippen LogP contribution in [0.4, 0.5) is 0 Å². The Labute approximate surface area is 114 Å². The van der Waals surface area contributed by atoms with Gasteiger partial charge in [0, 0.05) is 23.0 Å². The highest BCUT2D eigenvalue weighted by Gasteiger charge is 2.47. The number of benzene rings is 1. The summed E-state index contributed by atoms with van der Waals surface area (Å²) < 4.78 is 3.68. The normalized spacial score (nSPS) is 35.3. The molecule has 0 radical (unpaired) electrons. The Morgan fingerprint density at radius 1 is 1.22 bits per heavy atom. The van der Waals surface area contributed by atoms with E-state index in [0.29, 0.717) is 6.04 Å². The number of nitrogens with one attached hydrogen (secondary N) is 1. The zero-order valence-corrected chi connectivity index (χ0v) is 12.2. The van der Waals surface area contributed by atoms with E-state index in [4.69, 9.17) is 0 Å². The first kappa shape index (κ1) is 12.5. The van der Waals surface area contributed by atoms with Gasteiger partial charge in [0.2, 0.25) is 0 Å². The SMILES string of the molecule is Cc1ccc(SNC2CC3CC(C2C)N3C)cc1. The van der Waals surface area contributed by atoms with Crippen LogP contribution in [0.25, 0.3) is 0 Å². The summed E-state index contributed by atoms with van der Waals surface area (Å²) in [5.41, 5.74) is 1.33. The molecule has 0 aromatic heterocycles. The van der Waals surface area contributed by atoms with Crippen LogP contribution in [-0.2, 0) is 0 Å². The number of aryl methyl sites for hydroxylation is 1. The first-order valence-corrected chi connectivity index (χ1v) is 7.68. The van der Waals surface area contributed by atoms with Gasteiger partial charge in [-0.15, -0.1) is 0 Å². The van der Waals surface area contributed by atoms with E-state index in [1.807, 2.05) is 0 Å². The van der Waals surface area contributed by atoms with Crippen LogP contribution in [0.15, 0.2) is 29.2 Å². The van der Waals surface area contributed by atoms with E-state index in [9.17, 15) is 0 Å². The minimum atomic E-state index is 0.663. The molecular formula is C15H22N2S. The summed E-state index contributed by atoms with van der Waals surface area (Å²) in [4.78, 5) is 3.87. The highest BCUT2D eigenvalue weighted by molar-refractivity contribution is 7.97. The second-order valence-electron chi connectivity index (χ2n) is 5.86. The maximum Gasteiger partial charge on any atom is 0.0230 e. The Morgan fingerprint density at radius 3 is 2.56 bits per heavy atom. The van der Waals surface area contributed by atoms with Gasteiger partial charge in [-0.05, 0) is 56.8 Å². The molecule has 2 aliphatic heterocycles. The lowest BCUT2D eigenvalue weighted by molar-refractivity contribution is -0.0515. The number of rotatable bonds is 3. The Balaban J connectivity index is 1.56. The molecule has 0 amide bonds. The second-order valence-corrected chi connectivity index (χ2v) is 6.77. The third-order valence-electron chi connectivity index (χ3n) is 4.73. The van der Waals surface area contributed by atoms with Gasteiger partial charge in [-0.1, -0.05) is 24.6 Å². The average molecular weight is 262 g/mol. The van der Waals surface area contributed by atoms with Gasteiger partial charge in [-0.3, -0.25) is 9.62 Å². The lowest BCUT2D eigenvalue weighted by Gasteiger charge is -2.57. The molecular weight excluding hydrogens is 240 g/mol. The van der Waals surface area contributed by atoms with Gasteiger partial charge >= 0.3 is 0 Å². The van der Waals surface area contributed by atoms with Gasteiger partial charge in [-0.2, -0.15) is 0 Å². The third kappa shape index (κ3) is 2.20. The van der Waals surface area contributed by atoms with Gasteiger partial charge in [0.1, 0.15) is 0 Å². The maximum atomic E-state index is 3.68. The predicted octanol–water partition coefficient (Wildman–Crippen LogP) is 3.07. The highest BCUT2D eigenvalue weighted by atomic mass is 32.2. The number of hydrogen-bond acceptors (Lipinski definition) is 3. The Hall–Kier alpha value is -0.510. The van der Waals surface area contributed by atoms with Crippen molar-refractivity contribution in [2.24, 2.45) is 5.92 Å². The maximum absolute atomic E-state index is 3.68. The van der Waals surface area contributed by atoms with Gasteiger partial charge in [0.05, 0.1) is 0 Å². The zero-order valence-electron chi connectivity index (χ0n) is 11.4. The van der Waals surface area contributed by atoms with E-state index >= 15 is 0 Å². The monoisotopic (exact) mass is 262 g/mol. The molecule has 3 fully saturated rings. The molecule has 4 rings (SSSR count). The lowest BCUT2D eigenvalue weighted by atomic mass is 9.71. The molecule has 2 nitrogen and oxygen atoms in total. The molecule has 4 atom stereocenters. The van der Waals surface area contributed by atoms with Crippen LogP contribution in [0.3, 0.4) is 0 Å². The molecule has 2 bridgehead atoms. The number of fused-ring (bicyclic) bond motifs is 2. The summed E-state index contributed by atoms with van der Waals surface area (Å²) in [6, 6.07) is 11.1. The molecule has 3 aliphatic rings. The van der Waals surface area contributed by atoms with E-state index in [1.165, 1.54) is 23.3 Å². The van der Waals surface area contributed by atoms with Crippen LogP contribution in [-0.4, -0.2) is 30.1 Å². The summed E-state index contributed by atoms with van der Waals surface area (Å²) in [5, 5.41) is 0. The number of hydrogen-bond donors (Lipinski definition) is 1. The molecule has 98 valence electrons. The molecule has 1 aliphatic carbocycles. The van der Waals surface area contributed by atoms with Crippen molar-refractivity contribution in [2.75, 3.05) is 7.05 Å². The molecule has 4 unspecified atom stereocenters. The van der Waals surface area contributed by atoms with Crippen LogP contribution in [0.5, 0.6) is 0 Å². The van der Waals surface area contributed by atoms with Crippen LogP contribution in [0, 0.1) is 12.8 Å². The van der Waals surface area contributed by atoms with E-state index in [0.717, 1.165) is 18.0 Å². The predicted molar refractivity (Wildman–Crippen MR) is 77.7 cm³/mol. The van der Waals surface area contributed by atoms with Crippen molar-refractivity contribution in [3.05, 3.63) is 29.8 Å². The standard InChI is InChI=1S/C15H22N2S/c1-10-4-6-13(7-5-10)18-16-14-8-12-9-15(11(14)2)17(12)3/h4-7,11-12,14-16H,8-9H2,1-3H3. The van der Waals surface area contributed by atoms with Crippen molar-refractivity contribution in [3.63, 3.8) is 0 Å². The van der Waals surface area contributed by atoms with Crippen molar-refractivity contribution < 1.29 is 0 Å². The smallest absolute Gasteiger partial charge is 0.0230 e. The molecule has 3 heteroatoms. The average Bonchev–Trinajstić information content (AvgIpc) is 2.38. The Kier molecular flexibility index (Phi) is 3.39. The van der Waals surface area contributed by atoms with Crippen molar-refractivity contribution in [2.45, 2.75) is 49.7 Å². The van der Waals surface area contributed by atoms with Gasteiger partial charge in [0.15, 0.2) is 0 Å². The van der Waals surface area contributed by atoms with Crippen molar-refractivity contribution in [1.29, 1.82) is 0 Å². The fourth-order valence-electron chi connectivity index (χ4n) is 3.27. The minimum Gasteiger partial charge on any atom is -0.300 e. The fraction of sp³-hybridized carbons (Fsp3) is 0.600. The van der Waals surface area contributed by atoms with Crippen LogP contribution in [0.1, 0.15) is 25.3 Å². The van der Waals surface area contributed by atoms with E-state index in [2.05, 4.69) is 54.8 Å². The summed E-state index contributed by atoms with van der Waals surface area (Å²) in [5.74, 6) is 0.762. The topological polar surface area (TPSA) is 15.3 Å². The zero-order chi connectivity index (χ0) is 12.7. The highest BCUT2D eigenvalue weighted by Crippen LogP contribution is 2.41. The molecule has 1 saturated carbocycles. The molecule has 1 aromatic rings. The van der Waals surface area contributed by atoms with Crippen LogP contribution in [0.2, 0.25) is 0 Å². The minimum absolute atomic E-state index is 0.663. The summed E-state index contributed by atoms with van der Waals surface area (Å²) in [7, 11) is 2.28. The van der Waals surface area contributed by atoms with Crippen LogP contribution < -0.4 is 4.72 Å². The number of piperidine rings is 1. The van der Waals surface area contributed by atoms with Gasteiger partial charge in [0.25, 0.3) is 0 Å². The molecule has 2 heterocycles. The Morgan fingerprint density at radius 2 is 1.94 bits per heavy atom. The van der Waals surface area contributed by atoms with E-state index in [1.54, 1.807) is 11.9 Å². The Bertz CT molecular complexity index is 417. The van der Waals surface area contributed by atoms with Crippen molar-refractivity contribution in [3.8, 4) is 0 Å². The summed E-state index contributed by atoms with van der Waals surface area (Å²) in [6.45, 7) is 4.53. The molecule has 0 spiro atoms. The fourth-order valence-corrected chi connectivity index (χ4v) is 4.14. The molecule has 1 N–H and O–H groups in total. The second kappa shape index (κ2) is 4.87. The summed E-state index contributed by atoms with van der Waals surface area (Å²) >= 11 is 1.79. The molecule has 1 aromatic carbocycles. The van der Waals surface area contributed by atoms with Gasteiger partial charge in [-0.25, -0.2) is 0 Å². The quantitative estimate of drug-likeness (QED) is 0.843. The lowest BCUT2D eigenvalue weighted by Crippen LogP contribution is -2.66. The molecule has 2 saturated heterocycles. The van der Waals surface area contributed by atoms with Crippen molar-refractivity contribution in [1.82, 2.24) is 9.62 Å². The molecule has 18 heavy (non-hydrogen) atoms. The largest absolute Gasteiger partial charge is 0.300 e. The van der Waals surface area contributed by atoms with Crippen LogP contribution >= 0.6 is 11.9 Å². The first-order valence-electron chi connectivity index (χ1n) is 6.86.